The predicted molar refractivity (Wildman–Crippen MR) is 86.0 cm³/mol. The van der Waals surface area contributed by atoms with Crippen LogP contribution < -0.4 is 4.74 Å². The van der Waals surface area contributed by atoms with Crippen LogP contribution in [-0.4, -0.2) is 17.1 Å². The van der Waals surface area contributed by atoms with Crippen LogP contribution in [0.4, 0.5) is 0 Å². The van der Waals surface area contributed by atoms with Crippen LogP contribution in [0.25, 0.3) is 22.2 Å². The van der Waals surface area contributed by atoms with Crippen molar-refractivity contribution in [2.75, 3.05) is 7.11 Å². The van der Waals surface area contributed by atoms with E-state index in [0.29, 0.717) is 11.0 Å². The molecule has 0 aliphatic carbocycles. The van der Waals surface area contributed by atoms with Crippen LogP contribution >= 0.6 is 11.6 Å². The van der Waals surface area contributed by atoms with Crippen molar-refractivity contribution in [2.24, 2.45) is 0 Å². The van der Waals surface area contributed by atoms with Gasteiger partial charge >= 0.3 is 0 Å². The molecule has 0 radical (unpaired) electrons. The van der Waals surface area contributed by atoms with Crippen LogP contribution in [0.1, 0.15) is 11.3 Å². The molecule has 0 aliphatic rings. The Morgan fingerprint density at radius 3 is 2.48 bits per heavy atom. The Kier molecular flexibility index (Phi) is 3.52. The second-order valence-corrected chi connectivity index (χ2v) is 5.27. The molecule has 106 valence electrons. The van der Waals surface area contributed by atoms with Gasteiger partial charge in [-0.2, -0.15) is 0 Å². The lowest BCUT2D eigenvalue weighted by atomic mass is 10.0. The van der Waals surface area contributed by atoms with Gasteiger partial charge in [-0.3, -0.25) is 0 Å². The van der Waals surface area contributed by atoms with Gasteiger partial charge in [0.05, 0.1) is 12.7 Å². The van der Waals surface area contributed by atoms with Gasteiger partial charge in [-0.05, 0) is 30.7 Å². The predicted octanol–water partition coefficient (Wildman–Crippen LogP) is 4.58. The summed E-state index contributed by atoms with van der Waals surface area (Å²) in [6.45, 7) is 3.85. The molecule has 0 saturated carbocycles. The number of nitrogens with zero attached hydrogens (tertiary/aromatic N) is 2. The molecule has 0 fully saturated rings. The summed E-state index contributed by atoms with van der Waals surface area (Å²) in [6, 6.07) is 12.1. The van der Waals surface area contributed by atoms with Crippen LogP contribution in [-0.2, 0) is 0 Å². The van der Waals surface area contributed by atoms with E-state index in [4.69, 9.17) is 16.3 Å². The van der Waals surface area contributed by atoms with Crippen molar-refractivity contribution in [1.82, 2.24) is 9.97 Å². The number of rotatable bonds is 2. The Balaban J connectivity index is 2.38. The molecule has 3 aromatic rings. The average Bonchev–Trinajstić information content (AvgIpc) is 2.51. The Hall–Kier alpha value is -2.13. The number of fused-ring (bicyclic) bond motifs is 1. The molecule has 3 rings (SSSR count). The SMILES string of the molecule is COc1ccc2ccccc2c1-c1nc(C)c(C)c(Cl)n1. The van der Waals surface area contributed by atoms with Gasteiger partial charge in [-0.1, -0.05) is 41.9 Å². The van der Waals surface area contributed by atoms with E-state index in [-0.39, 0.29) is 0 Å². The third-order valence-corrected chi connectivity index (χ3v) is 4.03. The topological polar surface area (TPSA) is 35.0 Å². The average molecular weight is 299 g/mol. The third-order valence-electron chi connectivity index (χ3n) is 3.66. The van der Waals surface area contributed by atoms with Gasteiger partial charge in [0.1, 0.15) is 10.9 Å². The van der Waals surface area contributed by atoms with Crippen molar-refractivity contribution < 1.29 is 4.74 Å². The molecular formula is C17H15ClN2O. The van der Waals surface area contributed by atoms with Gasteiger partial charge < -0.3 is 4.74 Å². The summed E-state index contributed by atoms with van der Waals surface area (Å²) in [4.78, 5) is 9.02. The lowest BCUT2D eigenvalue weighted by molar-refractivity contribution is 0.416. The molecule has 0 saturated heterocycles. The number of methoxy groups -OCH3 is 1. The first kappa shape index (κ1) is 13.8. The first-order valence-electron chi connectivity index (χ1n) is 6.68. The van der Waals surface area contributed by atoms with E-state index >= 15 is 0 Å². The normalized spacial score (nSPS) is 10.9. The highest BCUT2D eigenvalue weighted by atomic mass is 35.5. The fourth-order valence-corrected chi connectivity index (χ4v) is 2.57. The standard InChI is InChI=1S/C17H15ClN2O/c1-10-11(2)19-17(20-16(10)18)15-13-7-5-4-6-12(13)8-9-14(15)21-3/h4-9H,1-3H3. The number of aryl methyl sites for hydroxylation is 1. The summed E-state index contributed by atoms with van der Waals surface area (Å²) < 4.78 is 5.49. The molecule has 0 atom stereocenters. The van der Waals surface area contributed by atoms with E-state index in [0.717, 1.165) is 33.3 Å². The van der Waals surface area contributed by atoms with Crippen molar-refractivity contribution in [2.45, 2.75) is 13.8 Å². The van der Waals surface area contributed by atoms with Crippen LogP contribution in [0, 0.1) is 13.8 Å². The first-order chi connectivity index (χ1) is 10.1. The van der Waals surface area contributed by atoms with E-state index in [1.165, 1.54) is 0 Å². The van der Waals surface area contributed by atoms with Crippen LogP contribution in [0.3, 0.4) is 0 Å². The van der Waals surface area contributed by atoms with Crippen molar-refractivity contribution in [3.8, 4) is 17.1 Å². The zero-order valence-electron chi connectivity index (χ0n) is 12.1. The van der Waals surface area contributed by atoms with Crippen molar-refractivity contribution >= 4 is 22.4 Å². The van der Waals surface area contributed by atoms with Crippen LogP contribution in [0.5, 0.6) is 5.75 Å². The molecule has 0 N–H and O–H groups in total. The maximum Gasteiger partial charge on any atom is 0.165 e. The van der Waals surface area contributed by atoms with Gasteiger partial charge in [0.15, 0.2) is 5.82 Å². The van der Waals surface area contributed by atoms with E-state index in [1.807, 2.05) is 44.2 Å². The summed E-state index contributed by atoms with van der Waals surface area (Å²) >= 11 is 6.22. The second kappa shape index (κ2) is 5.34. The molecular weight excluding hydrogens is 284 g/mol. The summed E-state index contributed by atoms with van der Waals surface area (Å²) in [5.74, 6) is 1.34. The Bertz CT molecular complexity index is 807. The molecule has 0 bridgehead atoms. The second-order valence-electron chi connectivity index (χ2n) is 4.91. The summed E-state index contributed by atoms with van der Waals surface area (Å²) in [5, 5.41) is 2.65. The minimum absolute atomic E-state index is 0.479. The van der Waals surface area contributed by atoms with E-state index in [1.54, 1.807) is 7.11 Å². The number of hydrogen-bond acceptors (Lipinski definition) is 3. The highest BCUT2D eigenvalue weighted by Crippen LogP contribution is 2.36. The van der Waals surface area contributed by atoms with Crippen molar-refractivity contribution in [3.63, 3.8) is 0 Å². The molecule has 0 amide bonds. The highest BCUT2D eigenvalue weighted by Gasteiger charge is 2.15. The van der Waals surface area contributed by atoms with Gasteiger partial charge in [0.25, 0.3) is 0 Å². The fourth-order valence-electron chi connectivity index (χ4n) is 2.36. The minimum atomic E-state index is 0.479. The van der Waals surface area contributed by atoms with Gasteiger partial charge in [-0.15, -0.1) is 0 Å². The summed E-state index contributed by atoms with van der Waals surface area (Å²) in [5.41, 5.74) is 2.65. The molecule has 0 unspecified atom stereocenters. The zero-order valence-corrected chi connectivity index (χ0v) is 12.9. The van der Waals surface area contributed by atoms with E-state index < -0.39 is 0 Å². The van der Waals surface area contributed by atoms with Crippen molar-refractivity contribution in [1.29, 1.82) is 0 Å². The summed E-state index contributed by atoms with van der Waals surface area (Å²) in [6.07, 6.45) is 0. The number of hydrogen-bond donors (Lipinski definition) is 0. The Morgan fingerprint density at radius 2 is 1.76 bits per heavy atom. The van der Waals surface area contributed by atoms with Gasteiger partial charge in [0, 0.05) is 11.3 Å². The Labute approximate surface area is 128 Å². The summed E-state index contributed by atoms with van der Waals surface area (Å²) in [7, 11) is 1.65. The van der Waals surface area contributed by atoms with Gasteiger partial charge in [0.2, 0.25) is 0 Å². The minimum Gasteiger partial charge on any atom is -0.496 e. The van der Waals surface area contributed by atoms with E-state index in [2.05, 4.69) is 16.0 Å². The Morgan fingerprint density at radius 1 is 1.00 bits per heavy atom. The maximum absolute atomic E-state index is 6.22. The van der Waals surface area contributed by atoms with Crippen molar-refractivity contribution in [3.05, 3.63) is 52.8 Å². The van der Waals surface area contributed by atoms with Crippen LogP contribution in [0.2, 0.25) is 5.15 Å². The largest absolute Gasteiger partial charge is 0.496 e. The highest BCUT2D eigenvalue weighted by molar-refractivity contribution is 6.30. The smallest absolute Gasteiger partial charge is 0.165 e. The molecule has 2 aromatic carbocycles. The van der Waals surface area contributed by atoms with E-state index in [9.17, 15) is 0 Å². The van der Waals surface area contributed by atoms with Crippen LogP contribution in [0.15, 0.2) is 36.4 Å². The van der Waals surface area contributed by atoms with Gasteiger partial charge in [-0.25, -0.2) is 9.97 Å². The molecule has 0 aliphatic heterocycles. The molecule has 1 aromatic heterocycles. The monoisotopic (exact) mass is 298 g/mol. The number of halogens is 1. The number of aromatic nitrogens is 2. The number of ether oxygens (including phenoxy) is 1. The molecule has 0 spiro atoms. The number of benzene rings is 2. The zero-order chi connectivity index (χ0) is 15.0. The quantitative estimate of drug-likeness (QED) is 0.650. The fraction of sp³-hybridized carbons (Fsp3) is 0.176. The third kappa shape index (κ3) is 2.34. The lowest BCUT2D eigenvalue weighted by Gasteiger charge is -2.12. The molecule has 21 heavy (non-hydrogen) atoms. The lowest BCUT2D eigenvalue weighted by Crippen LogP contribution is -1.99. The molecule has 3 nitrogen and oxygen atoms in total. The first-order valence-corrected chi connectivity index (χ1v) is 7.06. The molecule has 1 heterocycles. The molecule has 4 heteroatoms. The maximum atomic E-state index is 6.22.